The molecule has 0 fully saturated rings. The van der Waals surface area contributed by atoms with Gasteiger partial charge in [-0.25, -0.2) is 9.97 Å². The number of nitrogens with zero attached hydrogens (tertiary/aromatic N) is 2. The van der Waals surface area contributed by atoms with Crippen LogP contribution in [0.5, 0.6) is 0 Å². The standard InChI is InChI=1S/C10H9N3O3/c14-6-7-3-1-2-4-8(7)10-11-5-9(12-10)13(15)16/h1-5,14H,6H2,(H,11,12). The van der Waals surface area contributed by atoms with Crippen LogP contribution in [0.15, 0.2) is 30.5 Å². The molecule has 0 amide bonds. The zero-order valence-corrected chi connectivity index (χ0v) is 8.25. The number of benzene rings is 1. The topological polar surface area (TPSA) is 92.1 Å². The van der Waals surface area contributed by atoms with Crippen LogP contribution in [0.25, 0.3) is 11.4 Å². The molecule has 2 rings (SSSR count). The number of rotatable bonds is 3. The Bertz CT molecular complexity index is 522. The predicted octanol–water partition coefficient (Wildman–Crippen LogP) is 1.48. The third-order valence-corrected chi connectivity index (χ3v) is 2.20. The van der Waals surface area contributed by atoms with E-state index in [1.807, 2.05) is 0 Å². The summed E-state index contributed by atoms with van der Waals surface area (Å²) >= 11 is 0. The Kier molecular flexibility index (Phi) is 2.65. The number of H-pyrrole nitrogens is 1. The summed E-state index contributed by atoms with van der Waals surface area (Å²) in [7, 11) is 0. The van der Waals surface area contributed by atoms with Gasteiger partial charge in [-0.3, -0.25) is 0 Å². The zero-order chi connectivity index (χ0) is 11.5. The molecule has 1 aromatic heterocycles. The molecule has 0 radical (unpaired) electrons. The van der Waals surface area contributed by atoms with Gasteiger partial charge in [-0.15, -0.1) is 0 Å². The average Bonchev–Trinajstić information content (AvgIpc) is 2.78. The van der Waals surface area contributed by atoms with Crippen LogP contribution < -0.4 is 0 Å². The number of imidazole rings is 1. The second-order valence-corrected chi connectivity index (χ2v) is 3.19. The third kappa shape index (κ3) is 1.78. The third-order valence-electron chi connectivity index (χ3n) is 2.20. The van der Waals surface area contributed by atoms with Crippen molar-refractivity contribution in [3.05, 3.63) is 46.1 Å². The number of aliphatic hydroxyl groups is 1. The Balaban J connectivity index is 2.46. The van der Waals surface area contributed by atoms with Gasteiger partial charge in [0.15, 0.2) is 0 Å². The van der Waals surface area contributed by atoms with Crippen molar-refractivity contribution in [1.82, 2.24) is 9.97 Å². The van der Waals surface area contributed by atoms with Gasteiger partial charge in [-0.1, -0.05) is 18.2 Å². The molecule has 0 bridgehead atoms. The molecule has 0 atom stereocenters. The lowest BCUT2D eigenvalue weighted by atomic mass is 10.1. The molecule has 0 unspecified atom stereocenters. The number of nitro groups is 1. The number of aliphatic hydroxyl groups excluding tert-OH is 1. The van der Waals surface area contributed by atoms with Crippen LogP contribution in [0.2, 0.25) is 0 Å². The smallest absolute Gasteiger partial charge is 0.340 e. The molecule has 0 aliphatic heterocycles. The van der Waals surface area contributed by atoms with Crippen molar-refractivity contribution in [2.75, 3.05) is 0 Å². The first-order valence-corrected chi connectivity index (χ1v) is 4.61. The number of hydrogen-bond acceptors (Lipinski definition) is 4. The van der Waals surface area contributed by atoms with Crippen LogP contribution in [0.3, 0.4) is 0 Å². The summed E-state index contributed by atoms with van der Waals surface area (Å²) in [6, 6.07) is 7.05. The van der Waals surface area contributed by atoms with E-state index in [2.05, 4.69) is 9.97 Å². The number of nitrogens with one attached hydrogen (secondary N) is 1. The summed E-state index contributed by atoms with van der Waals surface area (Å²) in [5.41, 5.74) is 1.34. The molecule has 6 nitrogen and oxygen atoms in total. The monoisotopic (exact) mass is 219 g/mol. The Hall–Kier alpha value is -2.21. The van der Waals surface area contributed by atoms with Crippen molar-refractivity contribution < 1.29 is 10.0 Å². The van der Waals surface area contributed by atoms with E-state index in [0.717, 1.165) is 6.20 Å². The summed E-state index contributed by atoms with van der Waals surface area (Å²) in [4.78, 5) is 16.4. The van der Waals surface area contributed by atoms with Crippen molar-refractivity contribution in [3.8, 4) is 11.4 Å². The van der Waals surface area contributed by atoms with Crippen LogP contribution in [0, 0.1) is 10.1 Å². The highest BCUT2D eigenvalue weighted by atomic mass is 16.6. The Morgan fingerprint density at radius 3 is 2.81 bits per heavy atom. The molecule has 1 heterocycles. The van der Waals surface area contributed by atoms with E-state index in [-0.39, 0.29) is 12.4 Å². The van der Waals surface area contributed by atoms with Gasteiger partial charge in [0.25, 0.3) is 0 Å². The largest absolute Gasteiger partial charge is 0.392 e. The molecule has 0 saturated carbocycles. The van der Waals surface area contributed by atoms with Gasteiger partial charge < -0.3 is 15.2 Å². The molecule has 0 aliphatic rings. The zero-order valence-electron chi connectivity index (χ0n) is 8.25. The maximum atomic E-state index is 10.5. The van der Waals surface area contributed by atoms with Crippen LogP contribution in [0.1, 0.15) is 5.56 Å². The van der Waals surface area contributed by atoms with E-state index < -0.39 is 4.92 Å². The fourth-order valence-corrected chi connectivity index (χ4v) is 1.43. The SMILES string of the molecule is O=[N+]([O-])c1cnc(-c2ccccc2CO)[nH]1. The second kappa shape index (κ2) is 4.11. The molecule has 0 spiro atoms. The molecular weight excluding hydrogens is 210 g/mol. The molecule has 2 N–H and O–H groups in total. The fourth-order valence-electron chi connectivity index (χ4n) is 1.43. The van der Waals surface area contributed by atoms with Crippen LogP contribution in [-0.2, 0) is 6.61 Å². The van der Waals surface area contributed by atoms with Crippen molar-refractivity contribution in [1.29, 1.82) is 0 Å². The van der Waals surface area contributed by atoms with Crippen molar-refractivity contribution in [2.24, 2.45) is 0 Å². The number of aromatic amines is 1. The van der Waals surface area contributed by atoms with Crippen molar-refractivity contribution in [3.63, 3.8) is 0 Å². The molecule has 6 heteroatoms. The highest BCUT2D eigenvalue weighted by Gasteiger charge is 2.14. The van der Waals surface area contributed by atoms with Gasteiger partial charge in [-0.05, 0) is 16.6 Å². The lowest BCUT2D eigenvalue weighted by Crippen LogP contribution is -1.91. The van der Waals surface area contributed by atoms with E-state index in [1.165, 1.54) is 0 Å². The van der Waals surface area contributed by atoms with Crippen LogP contribution >= 0.6 is 0 Å². The van der Waals surface area contributed by atoms with E-state index in [9.17, 15) is 10.1 Å². The van der Waals surface area contributed by atoms with E-state index in [0.29, 0.717) is 17.0 Å². The molecule has 1 aromatic carbocycles. The summed E-state index contributed by atoms with van der Waals surface area (Å²) < 4.78 is 0. The molecule has 16 heavy (non-hydrogen) atoms. The average molecular weight is 219 g/mol. The number of hydrogen-bond donors (Lipinski definition) is 2. The molecule has 82 valence electrons. The summed E-state index contributed by atoms with van der Waals surface area (Å²) in [5, 5.41) is 19.6. The van der Waals surface area contributed by atoms with Gasteiger partial charge in [0, 0.05) is 5.56 Å². The van der Waals surface area contributed by atoms with E-state index >= 15 is 0 Å². The summed E-state index contributed by atoms with van der Waals surface area (Å²) in [6.07, 6.45) is 1.16. The van der Waals surface area contributed by atoms with Gasteiger partial charge >= 0.3 is 5.82 Å². The van der Waals surface area contributed by atoms with E-state index in [1.54, 1.807) is 24.3 Å². The maximum Gasteiger partial charge on any atom is 0.340 e. The lowest BCUT2D eigenvalue weighted by molar-refractivity contribution is -0.389. The Labute approximate surface area is 90.7 Å². The minimum Gasteiger partial charge on any atom is -0.392 e. The summed E-state index contributed by atoms with van der Waals surface area (Å²) in [6.45, 7) is -0.134. The Morgan fingerprint density at radius 1 is 1.44 bits per heavy atom. The quantitative estimate of drug-likeness (QED) is 0.604. The lowest BCUT2D eigenvalue weighted by Gasteiger charge is -2.00. The Morgan fingerprint density at radius 2 is 2.19 bits per heavy atom. The van der Waals surface area contributed by atoms with Crippen LogP contribution in [0.4, 0.5) is 5.82 Å². The first-order chi connectivity index (χ1) is 7.72. The van der Waals surface area contributed by atoms with Gasteiger partial charge in [0.05, 0.1) is 6.61 Å². The highest BCUT2D eigenvalue weighted by Crippen LogP contribution is 2.22. The molecular formula is C10H9N3O3. The fraction of sp³-hybridized carbons (Fsp3) is 0.100. The minimum atomic E-state index is -0.544. The van der Waals surface area contributed by atoms with Crippen molar-refractivity contribution in [2.45, 2.75) is 6.61 Å². The summed E-state index contributed by atoms with van der Waals surface area (Å²) in [5.74, 6) is 0.221. The first-order valence-electron chi connectivity index (χ1n) is 4.61. The van der Waals surface area contributed by atoms with Crippen molar-refractivity contribution >= 4 is 5.82 Å². The van der Waals surface area contributed by atoms with Gasteiger partial charge in [-0.2, -0.15) is 0 Å². The highest BCUT2D eigenvalue weighted by molar-refractivity contribution is 5.61. The maximum absolute atomic E-state index is 10.5. The van der Waals surface area contributed by atoms with E-state index in [4.69, 9.17) is 5.11 Å². The minimum absolute atomic E-state index is 0.134. The van der Waals surface area contributed by atoms with Gasteiger partial charge in [0.2, 0.25) is 5.82 Å². The molecule has 0 saturated heterocycles. The molecule has 0 aliphatic carbocycles. The second-order valence-electron chi connectivity index (χ2n) is 3.19. The first kappa shape index (κ1) is 10.3. The predicted molar refractivity (Wildman–Crippen MR) is 56.6 cm³/mol. The number of aromatic nitrogens is 2. The normalized spacial score (nSPS) is 10.3. The van der Waals surface area contributed by atoms with Crippen LogP contribution in [-0.4, -0.2) is 20.0 Å². The van der Waals surface area contributed by atoms with Gasteiger partial charge in [0.1, 0.15) is 6.20 Å². The molecule has 2 aromatic rings.